The summed E-state index contributed by atoms with van der Waals surface area (Å²) in [5.41, 5.74) is 0. The van der Waals surface area contributed by atoms with Crippen LogP contribution in [0, 0.1) is 22.7 Å². The predicted molar refractivity (Wildman–Crippen MR) is 131 cm³/mol. The van der Waals surface area contributed by atoms with E-state index in [1.165, 1.54) is 10.6 Å². The van der Waals surface area contributed by atoms with Crippen molar-refractivity contribution in [2.45, 2.75) is 25.7 Å². The standard InChI is InChI=1S/C24H30N4O2P2/c25-15-7-21-31(23-11-3-1-4-12-23)27(17-9-19-29-31)32(22-8-16-26,24-13-5-2-6-14-24)28(31)18-10-20-30-32/h1-6,11-14H,7-10,17-22H2. The normalized spacial score (nSPS) is 27.3. The fourth-order valence-corrected chi connectivity index (χ4v) is 26.0. The number of rotatable bonds is 6. The molecular weight excluding hydrogens is 438 g/mol. The van der Waals surface area contributed by atoms with Crippen molar-refractivity contribution < 1.29 is 9.05 Å². The average Bonchev–Trinajstić information content (AvgIpc) is 2.87. The van der Waals surface area contributed by atoms with Crippen LogP contribution in [0.3, 0.4) is 0 Å². The van der Waals surface area contributed by atoms with Gasteiger partial charge < -0.3 is 0 Å². The van der Waals surface area contributed by atoms with Gasteiger partial charge in [-0.3, -0.25) is 0 Å². The molecule has 0 radical (unpaired) electrons. The molecule has 0 aliphatic carbocycles. The van der Waals surface area contributed by atoms with Gasteiger partial charge in [-0.25, -0.2) is 0 Å². The number of nitrogens with zero attached hydrogens (tertiary/aromatic N) is 4. The van der Waals surface area contributed by atoms with Crippen molar-refractivity contribution in [3.63, 3.8) is 0 Å². The maximum absolute atomic E-state index is 9.68. The van der Waals surface area contributed by atoms with Crippen LogP contribution in [0.1, 0.15) is 25.7 Å². The van der Waals surface area contributed by atoms with Crippen molar-refractivity contribution in [3.8, 4) is 12.1 Å². The van der Waals surface area contributed by atoms with Gasteiger partial charge in [0, 0.05) is 0 Å². The third kappa shape index (κ3) is 2.44. The molecular formula is C24H30N4O2P2. The fraction of sp³-hybridized carbons (Fsp3) is 0.417. The van der Waals surface area contributed by atoms with E-state index in [2.05, 4.69) is 69.6 Å². The van der Waals surface area contributed by atoms with E-state index in [0.717, 1.165) is 25.9 Å². The number of hydrogen-bond acceptors (Lipinski definition) is 6. The van der Waals surface area contributed by atoms with Gasteiger partial charge in [-0.2, -0.15) is 0 Å². The van der Waals surface area contributed by atoms with Crippen molar-refractivity contribution in [1.82, 2.24) is 8.88 Å². The summed E-state index contributed by atoms with van der Waals surface area (Å²) in [4.78, 5) is 0. The zero-order chi connectivity index (χ0) is 22.2. The molecule has 8 heteroatoms. The molecule has 3 saturated heterocycles. The first kappa shape index (κ1) is 21.9. The van der Waals surface area contributed by atoms with Crippen LogP contribution in [-0.4, -0.2) is 47.5 Å². The number of fused-ring (bicyclic) bond motifs is 4. The third-order valence-corrected chi connectivity index (χ3v) is 22.7. The molecule has 0 bridgehead atoms. The number of nitriles is 2. The first-order chi connectivity index (χ1) is 15.7. The van der Waals surface area contributed by atoms with Gasteiger partial charge in [-0.1, -0.05) is 0 Å². The first-order valence-electron chi connectivity index (χ1n) is 11.4. The molecule has 0 saturated carbocycles. The number of hydrogen-bond donors (Lipinski definition) is 0. The molecule has 3 aliphatic heterocycles. The molecule has 3 aliphatic rings. The quantitative estimate of drug-likeness (QED) is 0.581. The van der Waals surface area contributed by atoms with Gasteiger partial charge in [0.05, 0.1) is 0 Å². The summed E-state index contributed by atoms with van der Waals surface area (Å²) in [5.74, 6) is 0. The summed E-state index contributed by atoms with van der Waals surface area (Å²) < 4.78 is 19.4. The SMILES string of the molecule is N#CCCP12(c3ccccc3)OCCCN1P1(CCC#N)(c3ccccc3)OCCCN21. The van der Waals surface area contributed by atoms with Gasteiger partial charge >= 0.3 is 190 Å². The zero-order valence-corrected chi connectivity index (χ0v) is 20.1. The van der Waals surface area contributed by atoms with Gasteiger partial charge in [0.2, 0.25) is 0 Å². The molecule has 3 heterocycles. The molecule has 3 fully saturated rings. The van der Waals surface area contributed by atoms with Crippen LogP contribution in [0.5, 0.6) is 0 Å². The van der Waals surface area contributed by atoms with Gasteiger partial charge in [0.1, 0.15) is 0 Å². The van der Waals surface area contributed by atoms with E-state index < -0.39 is 14.3 Å². The van der Waals surface area contributed by atoms with Gasteiger partial charge in [0.15, 0.2) is 0 Å². The molecule has 0 spiro atoms. The predicted octanol–water partition coefficient (Wildman–Crippen LogP) is 4.52. The van der Waals surface area contributed by atoms with Crippen LogP contribution in [0.4, 0.5) is 0 Å². The van der Waals surface area contributed by atoms with Crippen LogP contribution in [0.2, 0.25) is 0 Å². The van der Waals surface area contributed by atoms with Crippen molar-refractivity contribution in [1.29, 1.82) is 10.5 Å². The van der Waals surface area contributed by atoms with E-state index in [0.29, 0.717) is 38.4 Å². The summed E-state index contributed by atoms with van der Waals surface area (Å²) in [6.45, 7) is 3.11. The Labute approximate surface area is 190 Å². The monoisotopic (exact) mass is 468 g/mol. The Hall–Kier alpha value is -1.88. The topological polar surface area (TPSA) is 72.5 Å². The minimum atomic E-state index is -3.30. The average molecular weight is 468 g/mol. The molecule has 2 aromatic rings. The van der Waals surface area contributed by atoms with E-state index in [4.69, 9.17) is 9.05 Å². The molecule has 2 aromatic carbocycles. The summed E-state index contributed by atoms with van der Waals surface area (Å²) in [6, 6.07) is 25.9. The van der Waals surface area contributed by atoms with Crippen LogP contribution in [0.25, 0.3) is 0 Å². The molecule has 0 N–H and O–H groups in total. The second-order valence-corrected chi connectivity index (χ2v) is 18.2. The van der Waals surface area contributed by atoms with Gasteiger partial charge in [-0.05, 0) is 0 Å². The number of benzene rings is 2. The van der Waals surface area contributed by atoms with E-state index in [-0.39, 0.29) is 0 Å². The molecule has 168 valence electrons. The van der Waals surface area contributed by atoms with E-state index in [9.17, 15) is 10.5 Å². The molecule has 32 heavy (non-hydrogen) atoms. The molecule has 6 nitrogen and oxygen atoms in total. The van der Waals surface area contributed by atoms with Crippen molar-refractivity contribution in [2.24, 2.45) is 0 Å². The van der Waals surface area contributed by atoms with Crippen LogP contribution in [0.15, 0.2) is 60.7 Å². The van der Waals surface area contributed by atoms with Crippen molar-refractivity contribution >= 4 is 24.9 Å². The Kier molecular flexibility index (Phi) is 5.39. The Bertz CT molecular complexity index is 987. The Morgan fingerprint density at radius 3 is 1.47 bits per heavy atom. The molecule has 5 rings (SSSR count). The fourth-order valence-electron chi connectivity index (χ4n) is 6.47. The molecule has 0 unspecified atom stereocenters. The van der Waals surface area contributed by atoms with Crippen LogP contribution in [-0.2, 0) is 9.05 Å². The van der Waals surface area contributed by atoms with E-state index in [1.54, 1.807) is 0 Å². The summed E-state index contributed by atoms with van der Waals surface area (Å²) in [7, 11) is -6.59. The van der Waals surface area contributed by atoms with E-state index >= 15 is 0 Å². The van der Waals surface area contributed by atoms with Gasteiger partial charge in [-0.15, -0.1) is 0 Å². The van der Waals surface area contributed by atoms with Gasteiger partial charge in [0.25, 0.3) is 0 Å². The Balaban J connectivity index is 1.84. The zero-order valence-electron chi connectivity index (χ0n) is 18.3. The first-order valence-corrected chi connectivity index (χ1v) is 15.9. The summed E-state index contributed by atoms with van der Waals surface area (Å²) in [6.07, 6.45) is 4.05. The van der Waals surface area contributed by atoms with E-state index in [1.807, 2.05) is 12.1 Å². The third-order valence-electron chi connectivity index (χ3n) is 7.44. The second kappa shape index (κ2) is 7.86. The van der Waals surface area contributed by atoms with Crippen molar-refractivity contribution in [3.05, 3.63) is 60.7 Å². The van der Waals surface area contributed by atoms with Crippen LogP contribution >= 0.6 is 14.3 Å². The Morgan fingerprint density at radius 1 is 0.688 bits per heavy atom. The Morgan fingerprint density at radius 2 is 1.09 bits per heavy atom. The van der Waals surface area contributed by atoms with Crippen molar-refractivity contribution in [2.75, 3.05) is 38.6 Å². The molecule has 0 aromatic heterocycles. The second-order valence-electron chi connectivity index (χ2n) is 8.73. The summed E-state index contributed by atoms with van der Waals surface area (Å²) >= 11 is 0. The maximum atomic E-state index is 9.68. The molecule has 0 atom stereocenters. The minimum absolute atomic E-state index is 0.430. The van der Waals surface area contributed by atoms with Crippen LogP contribution < -0.4 is 10.6 Å². The molecule has 0 amide bonds. The summed E-state index contributed by atoms with van der Waals surface area (Å²) in [5, 5.41) is 21.7.